The average Bonchev–Trinajstić information content (AvgIpc) is 2.28. The van der Waals surface area contributed by atoms with E-state index in [1.54, 1.807) is 6.66 Å². The van der Waals surface area contributed by atoms with Crippen LogP contribution in [0.1, 0.15) is 12.5 Å². The highest BCUT2D eigenvalue weighted by Crippen LogP contribution is 2.55. The van der Waals surface area contributed by atoms with Crippen LogP contribution in [0.5, 0.6) is 0 Å². The van der Waals surface area contributed by atoms with E-state index in [4.69, 9.17) is 4.52 Å². The molecular formula is C13H22NO2PS. The maximum Gasteiger partial charge on any atom is 0.254 e. The van der Waals surface area contributed by atoms with Gasteiger partial charge in [-0.05, 0) is 31.5 Å². The van der Waals surface area contributed by atoms with Crippen molar-refractivity contribution in [1.82, 2.24) is 0 Å². The van der Waals surface area contributed by atoms with Gasteiger partial charge in [-0.15, -0.1) is 0 Å². The number of hydrogen-bond donors (Lipinski definition) is 0. The minimum Gasteiger partial charge on any atom is -0.374 e. The van der Waals surface area contributed by atoms with Crippen LogP contribution < -0.4 is 4.90 Å². The molecule has 0 N–H and O–H groups in total. The first-order valence-electron chi connectivity index (χ1n) is 6.09. The molecule has 0 aliphatic heterocycles. The van der Waals surface area contributed by atoms with Crippen molar-refractivity contribution in [2.45, 2.75) is 13.8 Å². The molecule has 5 heteroatoms. The van der Waals surface area contributed by atoms with Crippen molar-refractivity contribution < 1.29 is 9.09 Å². The Labute approximate surface area is 114 Å². The fourth-order valence-electron chi connectivity index (χ4n) is 1.61. The molecule has 1 unspecified atom stereocenters. The van der Waals surface area contributed by atoms with Crippen LogP contribution in [0.2, 0.25) is 0 Å². The Hall–Kier alpha value is -0.440. The van der Waals surface area contributed by atoms with Gasteiger partial charge in [0.2, 0.25) is 0 Å². The molecule has 0 fully saturated rings. The third-order valence-electron chi connectivity index (χ3n) is 2.56. The highest BCUT2D eigenvalue weighted by Gasteiger charge is 2.15. The van der Waals surface area contributed by atoms with Crippen molar-refractivity contribution >= 4 is 23.6 Å². The van der Waals surface area contributed by atoms with Gasteiger partial charge in [0.1, 0.15) is 0 Å². The number of hydrogen-bond acceptors (Lipinski definition) is 4. The number of anilines is 1. The summed E-state index contributed by atoms with van der Waals surface area (Å²) in [5.74, 6) is 0.804. The molecule has 0 aromatic heterocycles. The Morgan fingerprint density at radius 2 is 2.17 bits per heavy atom. The summed E-state index contributed by atoms with van der Waals surface area (Å²) in [6.07, 6.45) is 0. The Balaban J connectivity index is 2.42. The molecular weight excluding hydrogens is 265 g/mol. The molecule has 1 aromatic carbocycles. The molecule has 1 atom stereocenters. The van der Waals surface area contributed by atoms with Gasteiger partial charge in [-0.1, -0.05) is 23.5 Å². The zero-order valence-corrected chi connectivity index (χ0v) is 13.3. The fourth-order valence-corrected chi connectivity index (χ4v) is 4.62. The van der Waals surface area contributed by atoms with Gasteiger partial charge < -0.3 is 9.42 Å². The molecule has 0 aliphatic rings. The quantitative estimate of drug-likeness (QED) is 0.708. The Morgan fingerprint density at radius 1 is 1.44 bits per heavy atom. The van der Waals surface area contributed by atoms with Crippen LogP contribution in [0.25, 0.3) is 0 Å². The molecule has 0 heterocycles. The highest BCUT2D eigenvalue weighted by molar-refractivity contribution is 8.56. The maximum absolute atomic E-state index is 11.9. The minimum atomic E-state index is -2.46. The van der Waals surface area contributed by atoms with Crippen LogP contribution in [0.4, 0.5) is 5.69 Å². The summed E-state index contributed by atoms with van der Waals surface area (Å²) in [6, 6.07) is 8.38. The van der Waals surface area contributed by atoms with Gasteiger partial charge >= 0.3 is 0 Å². The van der Waals surface area contributed by atoms with E-state index in [0.29, 0.717) is 6.61 Å². The van der Waals surface area contributed by atoms with E-state index in [0.717, 1.165) is 12.3 Å². The van der Waals surface area contributed by atoms with Crippen molar-refractivity contribution in [3.05, 3.63) is 29.8 Å². The molecule has 0 amide bonds. The van der Waals surface area contributed by atoms with Crippen LogP contribution in [0, 0.1) is 6.92 Å². The normalized spacial score (nSPS) is 14.2. The van der Waals surface area contributed by atoms with Gasteiger partial charge in [0.15, 0.2) is 0 Å². The zero-order valence-electron chi connectivity index (χ0n) is 11.5. The molecule has 0 spiro atoms. The second-order valence-electron chi connectivity index (χ2n) is 4.28. The van der Waals surface area contributed by atoms with Crippen molar-refractivity contribution in [3.63, 3.8) is 0 Å². The lowest BCUT2D eigenvalue weighted by Gasteiger charge is -2.20. The molecule has 18 heavy (non-hydrogen) atoms. The first-order chi connectivity index (χ1) is 8.44. The molecule has 0 aliphatic carbocycles. The summed E-state index contributed by atoms with van der Waals surface area (Å²) in [7, 11) is 2.05. The monoisotopic (exact) mass is 287 g/mol. The minimum absolute atomic E-state index is 0.508. The molecule has 0 saturated carbocycles. The van der Waals surface area contributed by atoms with E-state index in [-0.39, 0.29) is 0 Å². The van der Waals surface area contributed by atoms with Crippen molar-refractivity contribution in [1.29, 1.82) is 0 Å². The second-order valence-corrected chi connectivity index (χ2v) is 9.51. The van der Waals surface area contributed by atoms with Gasteiger partial charge in [0, 0.05) is 31.7 Å². The summed E-state index contributed by atoms with van der Waals surface area (Å²) < 4.78 is 17.1. The third kappa shape index (κ3) is 5.47. The molecule has 0 bridgehead atoms. The topological polar surface area (TPSA) is 29.5 Å². The fraction of sp³-hybridized carbons (Fsp3) is 0.538. The predicted molar refractivity (Wildman–Crippen MR) is 82.1 cm³/mol. The first-order valence-corrected chi connectivity index (χ1v) is 9.75. The first kappa shape index (κ1) is 15.6. The molecule has 1 rings (SSSR count). The lowest BCUT2D eigenvalue weighted by atomic mass is 10.2. The highest BCUT2D eigenvalue weighted by atomic mass is 32.7. The largest absolute Gasteiger partial charge is 0.374 e. The Bertz CT molecular complexity index is 425. The number of nitrogens with zero attached hydrogens (tertiary/aromatic N) is 1. The van der Waals surface area contributed by atoms with Crippen molar-refractivity contribution in [2.24, 2.45) is 0 Å². The maximum atomic E-state index is 11.9. The van der Waals surface area contributed by atoms with Crippen molar-refractivity contribution in [3.8, 4) is 0 Å². The lowest BCUT2D eigenvalue weighted by Crippen LogP contribution is -2.20. The van der Waals surface area contributed by atoms with Crippen LogP contribution in [-0.2, 0) is 9.09 Å². The van der Waals surface area contributed by atoms with Gasteiger partial charge in [0.25, 0.3) is 6.57 Å². The molecule has 1 aromatic rings. The van der Waals surface area contributed by atoms with E-state index in [2.05, 4.69) is 43.1 Å². The Kier molecular flexibility index (Phi) is 6.27. The van der Waals surface area contributed by atoms with Crippen LogP contribution >= 0.6 is 18.0 Å². The smallest absolute Gasteiger partial charge is 0.254 e. The number of benzene rings is 1. The van der Waals surface area contributed by atoms with Gasteiger partial charge in [-0.25, -0.2) is 0 Å². The predicted octanol–water partition coefficient (Wildman–Crippen LogP) is 4.02. The van der Waals surface area contributed by atoms with E-state index in [1.807, 2.05) is 6.92 Å². The molecule has 0 saturated heterocycles. The SMILES string of the molecule is CCOP(C)(=O)SCCN(C)c1cccc(C)c1. The van der Waals surface area contributed by atoms with Gasteiger partial charge in [-0.2, -0.15) is 0 Å². The van der Waals surface area contributed by atoms with Crippen LogP contribution in [0.3, 0.4) is 0 Å². The van der Waals surface area contributed by atoms with Gasteiger partial charge in [-0.3, -0.25) is 4.57 Å². The zero-order chi connectivity index (χ0) is 13.6. The average molecular weight is 287 g/mol. The van der Waals surface area contributed by atoms with E-state index in [1.165, 1.54) is 22.6 Å². The summed E-state index contributed by atoms with van der Waals surface area (Å²) in [4.78, 5) is 2.17. The van der Waals surface area contributed by atoms with E-state index in [9.17, 15) is 4.57 Å². The van der Waals surface area contributed by atoms with Crippen LogP contribution in [0.15, 0.2) is 24.3 Å². The molecule has 102 valence electrons. The summed E-state index contributed by atoms with van der Waals surface area (Å²) in [5.41, 5.74) is 2.44. The van der Waals surface area contributed by atoms with E-state index >= 15 is 0 Å². The molecule has 0 radical (unpaired) electrons. The van der Waals surface area contributed by atoms with Crippen molar-refractivity contribution in [2.75, 3.05) is 37.5 Å². The van der Waals surface area contributed by atoms with Gasteiger partial charge in [0.05, 0.1) is 6.61 Å². The lowest BCUT2D eigenvalue weighted by molar-refractivity contribution is 0.350. The Morgan fingerprint density at radius 3 is 2.78 bits per heavy atom. The standard InChI is InChI=1S/C13H22NO2PS/c1-5-16-17(4,15)18-10-9-14(3)13-8-6-7-12(2)11-13/h6-8,11H,5,9-10H2,1-4H3. The second kappa shape index (κ2) is 7.22. The number of rotatable bonds is 7. The number of aryl methyl sites for hydroxylation is 1. The molecule has 3 nitrogen and oxygen atoms in total. The third-order valence-corrected chi connectivity index (χ3v) is 6.39. The van der Waals surface area contributed by atoms with E-state index < -0.39 is 6.57 Å². The summed E-state index contributed by atoms with van der Waals surface area (Å²) in [6.45, 7) is 4.55. The van der Waals surface area contributed by atoms with Crippen LogP contribution in [-0.4, -0.2) is 32.6 Å². The summed E-state index contributed by atoms with van der Waals surface area (Å²) in [5, 5.41) is 0. The summed E-state index contributed by atoms with van der Waals surface area (Å²) >= 11 is 1.42.